The van der Waals surface area contributed by atoms with Crippen LogP contribution in [0.1, 0.15) is 29.5 Å². The fourth-order valence-electron chi connectivity index (χ4n) is 3.66. The molecule has 0 bridgehead atoms. The topological polar surface area (TPSA) is 76.7 Å². The highest BCUT2D eigenvalue weighted by molar-refractivity contribution is 6.17. The standard InChI is InChI=1S/C22H24N2O4/c1-13-10-14(2)19(15(3)11-13)24-21(26)22(6-7-22)20(25)23-16-4-5-17-18(12-16)28-9-8-27-17/h4-5,10-12H,6-9H2,1-3H3,(H,23,25)(H,24,26). The summed E-state index contributed by atoms with van der Waals surface area (Å²) in [6.45, 7) is 6.94. The zero-order chi connectivity index (χ0) is 19.9. The molecule has 1 aliphatic heterocycles. The van der Waals surface area contributed by atoms with E-state index in [1.54, 1.807) is 18.2 Å². The van der Waals surface area contributed by atoms with Gasteiger partial charge in [0, 0.05) is 17.4 Å². The van der Waals surface area contributed by atoms with Crippen LogP contribution in [0, 0.1) is 26.2 Å². The average molecular weight is 380 g/mol. The number of benzene rings is 2. The Hall–Kier alpha value is -3.02. The third kappa shape index (κ3) is 3.30. The van der Waals surface area contributed by atoms with E-state index in [0.29, 0.717) is 43.2 Å². The lowest BCUT2D eigenvalue weighted by Gasteiger charge is -2.20. The van der Waals surface area contributed by atoms with Crippen molar-refractivity contribution in [2.45, 2.75) is 33.6 Å². The van der Waals surface area contributed by atoms with Crippen molar-refractivity contribution < 1.29 is 19.1 Å². The predicted octanol–water partition coefficient (Wildman–Crippen LogP) is 3.74. The number of aryl methyl sites for hydroxylation is 3. The van der Waals surface area contributed by atoms with E-state index in [9.17, 15) is 9.59 Å². The smallest absolute Gasteiger partial charge is 0.240 e. The van der Waals surface area contributed by atoms with Crippen LogP contribution in [0.5, 0.6) is 11.5 Å². The van der Waals surface area contributed by atoms with Crippen LogP contribution >= 0.6 is 0 Å². The van der Waals surface area contributed by atoms with Crippen LogP contribution < -0.4 is 20.1 Å². The second kappa shape index (κ2) is 6.86. The molecule has 2 amide bonds. The third-order valence-electron chi connectivity index (χ3n) is 5.33. The van der Waals surface area contributed by atoms with Crippen molar-refractivity contribution in [3.8, 4) is 11.5 Å². The minimum absolute atomic E-state index is 0.252. The Labute approximate surface area is 164 Å². The lowest BCUT2D eigenvalue weighted by atomic mass is 10.0. The first-order chi connectivity index (χ1) is 13.4. The summed E-state index contributed by atoms with van der Waals surface area (Å²) < 4.78 is 11.1. The molecule has 6 nitrogen and oxygen atoms in total. The summed E-state index contributed by atoms with van der Waals surface area (Å²) >= 11 is 0. The quantitative estimate of drug-likeness (QED) is 0.792. The number of rotatable bonds is 4. The summed E-state index contributed by atoms with van der Waals surface area (Å²) in [6, 6.07) is 9.31. The van der Waals surface area contributed by atoms with Crippen molar-refractivity contribution in [3.63, 3.8) is 0 Å². The highest BCUT2D eigenvalue weighted by Crippen LogP contribution is 2.48. The second-order valence-electron chi connectivity index (χ2n) is 7.62. The molecule has 28 heavy (non-hydrogen) atoms. The van der Waals surface area contributed by atoms with Crippen molar-refractivity contribution in [1.29, 1.82) is 0 Å². The molecule has 0 saturated heterocycles. The number of nitrogens with one attached hydrogen (secondary N) is 2. The van der Waals surface area contributed by atoms with Gasteiger partial charge in [0.05, 0.1) is 0 Å². The van der Waals surface area contributed by atoms with Crippen LogP contribution in [0.4, 0.5) is 11.4 Å². The van der Waals surface area contributed by atoms with Crippen LogP contribution in [0.3, 0.4) is 0 Å². The monoisotopic (exact) mass is 380 g/mol. The van der Waals surface area contributed by atoms with Gasteiger partial charge < -0.3 is 20.1 Å². The summed E-state index contributed by atoms with van der Waals surface area (Å²) in [5.41, 5.74) is 3.50. The van der Waals surface area contributed by atoms with E-state index in [0.717, 1.165) is 22.4 Å². The first kappa shape index (κ1) is 18.3. The molecule has 6 heteroatoms. The minimum atomic E-state index is -1.02. The number of hydrogen-bond donors (Lipinski definition) is 2. The Morgan fingerprint density at radius 1 is 0.857 bits per heavy atom. The van der Waals surface area contributed by atoms with Gasteiger partial charge in [0.25, 0.3) is 0 Å². The zero-order valence-corrected chi connectivity index (χ0v) is 16.3. The number of amides is 2. The molecular weight excluding hydrogens is 356 g/mol. The van der Waals surface area contributed by atoms with E-state index in [-0.39, 0.29) is 11.8 Å². The molecule has 0 unspecified atom stereocenters. The van der Waals surface area contributed by atoms with Crippen LogP contribution in [-0.2, 0) is 9.59 Å². The molecular formula is C22H24N2O4. The molecule has 0 aromatic heterocycles. The van der Waals surface area contributed by atoms with Gasteiger partial charge in [0.1, 0.15) is 18.6 Å². The maximum absolute atomic E-state index is 12.9. The van der Waals surface area contributed by atoms with Crippen molar-refractivity contribution in [1.82, 2.24) is 0 Å². The zero-order valence-electron chi connectivity index (χ0n) is 16.3. The lowest BCUT2D eigenvalue weighted by Crippen LogP contribution is -2.36. The van der Waals surface area contributed by atoms with Crippen molar-refractivity contribution in [2.75, 3.05) is 23.8 Å². The van der Waals surface area contributed by atoms with Gasteiger partial charge in [-0.1, -0.05) is 17.7 Å². The summed E-state index contributed by atoms with van der Waals surface area (Å²) in [5, 5.41) is 5.85. The first-order valence-electron chi connectivity index (χ1n) is 9.49. The van der Waals surface area contributed by atoms with E-state index in [4.69, 9.17) is 9.47 Å². The largest absolute Gasteiger partial charge is 0.486 e. The SMILES string of the molecule is Cc1cc(C)c(NC(=O)C2(C(=O)Nc3ccc4c(c3)OCCO4)CC2)c(C)c1. The normalized spacial score (nSPS) is 16.2. The van der Waals surface area contributed by atoms with E-state index in [1.807, 2.05) is 32.9 Å². The van der Waals surface area contributed by atoms with Crippen LogP contribution in [0.2, 0.25) is 0 Å². The summed E-state index contributed by atoms with van der Waals surface area (Å²) in [5.74, 6) is 0.722. The van der Waals surface area contributed by atoms with Gasteiger partial charge >= 0.3 is 0 Å². The summed E-state index contributed by atoms with van der Waals surface area (Å²) in [4.78, 5) is 25.8. The van der Waals surface area contributed by atoms with Gasteiger partial charge in [-0.25, -0.2) is 0 Å². The highest BCUT2D eigenvalue weighted by Gasteiger charge is 2.56. The van der Waals surface area contributed by atoms with E-state index >= 15 is 0 Å². The van der Waals surface area contributed by atoms with E-state index in [2.05, 4.69) is 10.6 Å². The van der Waals surface area contributed by atoms with Gasteiger partial charge in [0.2, 0.25) is 11.8 Å². The molecule has 0 radical (unpaired) electrons. The molecule has 1 saturated carbocycles. The second-order valence-corrected chi connectivity index (χ2v) is 7.62. The molecule has 2 aromatic carbocycles. The molecule has 146 valence electrons. The third-order valence-corrected chi connectivity index (χ3v) is 5.33. The fraction of sp³-hybridized carbons (Fsp3) is 0.364. The Morgan fingerprint density at radius 2 is 1.46 bits per heavy atom. The van der Waals surface area contributed by atoms with Crippen molar-refractivity contribution in [2.24, 2.45) is 5.41 Å². The molecule has 2 N–H and O–H groups in total. The molecule has 2 aromatic rings. The van der Waals surface area contributed by atoms with Gasteiger partial charge in [-0.2, -0.15) is 0 Å². The number of carbonyl (C=O) groups excluding carboxylic acids is 2. The van der Waals surface area contributed by atoms with Crippen molar-refractivity contribution in [3.05, 3.63) is 47.0 Å². The van der Waals surface area contributed by atoms with E-state index in [1.165, 1.54) is 0 Å². The van der Waals surface area contributed by atoms with Crippen molar-refractivity contribution >= 4 is 23.2 Å². The van der Waals surface area contributed by atoms with E-state index < -0.39 is 5.41 Å². The Bertz CT molecular complexity index is 940. The average Bonchev–Trinajstić information content (AvgIpc) is 3.46. The molecule has 4 rings (SSSR count). The van der Waals surface area contributed by atoms with Gasteiger partial charge in [-0.3, -0.25) is 9.59 Å². The number of ether oxygens (including phenoxy) is 2. The Balaban J connectivity index is 1.49. The molecule has 1 aliphatic carbocycles. The van der Waals surface area contributed by atoms with Gasteiger partial charge in [-0.15, -0.1) is 0 Å². The van der Waals surface area contributed by atoms with Gasteiger partial charge in [-0.05, 0) is 56.9 Å². The Morgan fingerprint density at radius 3 is 2.11 bits per heavy atom. The number of fused-ring (bicyclic) bond motifs is 1. The number of anilines is 2. The Kier molecular flexibility index (Phi) is 4.49. The lowest BCUT2D eigenvalue weighted by molar-refractivity contribution is -0.131. The maximum Gasteiger partial charge on any atom is 0.240 e. The summed E-state index contributed by atoms with van der Waals surface area (Å²) in [7, 11) is 0. The predicted molar refractivity (Wildman–Crippen MR) is 107 cm³/mol. The minimum Gasteiger partial charge on any atom is -0.486 e. The molecule has 0 atom stereocenters. The summed E-state index contributed by atoms with van der Waals surface area (Å²) in [6.07, 6.45) is 1.08. The number of hydrogen-bond acceptors (Lipinski definition) is 4. The molecule has 2 aliphatic rings. The van der Waals surface area contributed by atoms with Crippen LogP contribution in [0.15, 0.2) is 30.3 Å². The molecule has 1 fully saturated rings. The highest BCUT2D eigenvalue weighted by atomic mass is 16.6. The number of carbonyl (C=O) groups is 2. The maximum atomic E-state index is 12.9. The van der Waals surface area contributed by atoms with Crippen LogP contribution in [0.25, 0.3) is 0 Å². The molecule has 0 spiro atoms. The van der Waals surface area contributed by atoms with Gasteiger partial charge in [0.15, 0.2) is 11.5 Å². The van der Waals surface area contributed by atoms with Crippen LogP contribution in [-0.4, -0.2) is 25.0 Å². The fourth-order valence-corrected chi connectivity index (χ4v) is 3.66. The first-order valence-corrected chi connectivity index (χ1v) is 9.49. The molecule has 1 heterocycles.